The second-order valence-corrected chi connectivity index (χ2v) is 28.3. The maximum absolute atomic E-state index is 13.3. The molecule has 3 aliphatic heterocycles. The summed E-state index contributed by atoms with van der Waals surface area (Å²) in [5.41, 5.74) is 10.9. The Morgan fingerprint density at radius 1 is 0.556 bits per heavy atom. The number of nitrogens with one attached hydrogen (secondary N) is 4. The van der Waals surface area contributed by atoms with Crippen LogP contribution in [0, 0.1) is 0 Å². The quantitative estimate of drug-likeness (QED) is 0.0438. The number of anilines is 3. The highest BCUT2D eigenvalue weighted by Gasteiger charge is 2.54. The fraction of sp³-hybridized carbons (Fsp3) is 0.233. The highest BCUT2D eigenvalue weighted by Crippen LogP contribution is 2.54. The molecule has 510 valence electrons. The molecular formula is C73H71N9O15S2. The summed E-state index contributed by atoms with van der Waals surface area (Å²) in [6.45, 7) is 0.553. The molecule has 99 heavy (non-hydrogen) atoms. The fourth-order valence-electron chi connectivity index (χ4n) is 12.4. The Balaban J connectivity index is 0.000000152. The Labute approximate surface area is 573 Å². The van der Waals surface area contributed by atoms with E-state index in [1.54, 1.807) is 92.2 Å². The van der Waals surface area contributed by atoms with E-state index >= 15 is 0 Å². The van der Waals surface area contributed by atoms with Crippen LogP contribution in [0.25, 0.3) is 33.6 Å². The number of para-hydroxylation sites is 1. The van der Waals surface area contributed by atoms with Gasteiger partial charge in [0.2, 0.25) is 57.3 Å². The number of methoxy groups -OCH3 is 1. The Kier molecular flexibility index (Phi) is 18.2. The van der Waals surface area contributed by atoms with Crippen LogP contribution in [0.15, 0.2) is 198 Å². The molecule has 0 bridgehead atoms. The molecule has 24 nitrogen and oxygen atoms in total. The summed E-state index contributed by atoms with van der Waals surface area (Å²) in [4.78, 5) is 75.9. The summed E-state index contributed by atoms with van der Waals surface area (Å²) in [5.74, 6) is 2.71. The second kappa shape index (κ2) is 27.1. The molecule has 15 rings (SSSR count). The van der Waals surface area contributed by atoms with E-state index < -0.39 is 54.2 Å². The van der Waals surface area contributed by atoms with Gasteiger partial charge in [0.25, 0.3) is 0 Å². The zero-order valence-electron chi connectivity index (χ0n) is 53.6. The third-order valence-corrected chi connectivity index (χ3v) is 21.8. The summed E-state index contributed by atoms with van der Waals surface area (Å²) in [6, 6.07) is 51.5. The number of sulfonamides is 2. The van der Waals surface area contributed by atoms with Crippen molar-refractivity contribution in [3.05, 3.63) is 210 Å². The monoisotopic (exact) mass is 1380 g/mol. The molecule has 3 aromatic heterocycles. The summed E-state index contributed by atoms with van der Waals surface area (Å²) < 4.78 is 80.3. The molecule has 1 saturated heterocycles. The Morgan fingerprint density at radius 2 is 1.06 bits per heavy atom. The van der Waals surface area contributed by atoms with Gasteiger partial charge in [0, 0.05) is 43.4 Å². The van der Waals surface area contributed by atoms with Crippen LogP contribution in [0.4, 0.5) is 17.5 Å². The maximum atomic E-state index is 13.3. The third kappa shape index (κ3) is 13.7. The van der Waals surface area contributed by atoms with Gasteiger partial charge in [0.05, 0.1) is 44.5 Å². The van der Waals surface area contributed by atoms with E-state index in [0.29, 0.717) is 94.4 Å². The van der Waals surface area contributed by atoms with Crippen molar-refractivity contribution in [1.29, 1.82) is 0 Å². The number of pyridine rings is 3. The van der Waals surface area contributed by atoms with Crippen molar-refractivity contribution in [1.82, 2.24) is 24.0 Å². The Bertz CT molecular complexity index is 4890. The number of benzene rings is 6. The molecule has 7 N–H and O–H groups in total. The minimum Gasteiger partial charge on any atom is -0.496 e. The van der Waals surface area contributed by atoms with E-state index in [1.807, 2.05) is 78.9 Å². The van der Waals surface area contributed by atoms with Crippen LogP contribution in [0.5, 0.6) is 28.7 Å². The highest BCUT2D eigenvalue weighted by molar-refractivity contribution is 7.89. The average molecular weight is 1380 g/mol. The first-order valence-electron chi connectivity index (χ1n) is 31.8. The number of ether oxygens (including phenoxy) is 5. The molecule has 9 aromatic rings. The molecule has 0 radical (unpaired) electrons. The number of nitrogens with zero attached hydrogens (tertiary/aromatic N) is 4. The van der Waals surface area contributed by atoms with Crippen LogP contribution in [-0.2, 0) is 55.5 Å². The van der Waals surface area contributed by atoms with Crippen molar-refractivity contribution >= 4 is 67.1 Å². The van der Waals surface area contributed by atoms with Crippen LogP contribution in [0.1, 0.15) is 81.3 Å². The molecule has 0 unspecified atom stereocenters. The Hall–Kier alpha value is -11.1. The summed E-state index contributed by atoms with van der Waals surface area (Å²) in [5, 5.41) is 18.2. The number of carboxylic acid groups (broad SMARTS) is 1. The van der Waals surface area contributed by atoms with Crippen LogP contribution in [0.3, 0.4) is 0 Å². The summed E-state index contributed by atoms with van der Waals surface area (Å²) >= 11 is 0. The van der Waals surface area contributed by atoms with Crippen molar-refractivity contribution in [2.24, 2.45) is 5.73 Å². The summed E-state index contributed by atoms with van der Waals surface area (Å²) in [7, 11) is -4.47. The number of nitrogens with two attached hydrogens (primary N) is 1. The first-order valence-corrected chi connectivity index (χ1v) is 34.7. The topological polar surface area (TPSA) is 336 Å². The van der Waals surface area contributed by atoms with Crippen molar-refractivity contribution in [3.8, 4) is 62.4 Å². The van der Waals surface area contributed by atoms with Crippen molar-refractivity contribution < 1.29 is 72.5 Å². The molecule has 3 saturated carbocycles. The average Bonchev–Trinajstić information content (AvgIpc) is 1.61. The normalized spacial score (nSPS) is 16.8. The van der Waals surface area contributed by atoms with Gasteiger partial charge in [0.1, 0.15) is 29.2 Å². The molecule has 6 heterocycles. The number of fused-ring (bicyclic) bond motifs is 2. The molecule has 4 fully saturated rings. The lowest BCUT2D eigenvalue weighted by atomic mass is 9.94. The molecule has 4 amide bonds. The van der Waals surface area contributed by atoms with E-state index in [-0.39, 0.29) is 50.5 Å². The van der Waals surface area contributed by atoms with Gasteiger partial charge in [0.15, 0.2) is 23.0 Å². The summed E-state index contributed by atoms with van der Waals surface area (Å²) in [6.07, 6.45) is 6.95. The van der Waals surface area contributed by atoms with E-state index in [0.717, 1.165) is 63.4 Å². The largest absolute Gasteiger partial charge is 0.496 e. The van der Waals surface area contributed by atoms with Gasteiger partial charge in [-0.2, -0.15) is 4.31 Å². The van der Waals surface area contributed by atoms with Crippen molar-refractivity contribution in [2.75, 3.05) is 50.2 Å². The van der Waals surface area contributed by atoms with E-state index in [4.69, 9.17) is 29.4 Å². The molecule has 0 spiro atoms. The molecule has 6 aliphatic rings. The lowest BCUT2D eigenvalue weighted by Crippen LogP contribution is -2.40. The van der Waals surface area contributed by atoms with Gasteiger partial charge >= 0.3 is 5.97 Å². The van der Waals surface area contributed by atoms with Gasteiger partial charge < -0.3 is 50.5 Å². The van der Waals surface area contributed by atoms with Gasteiger partial charge in [-0.3, -0.25) is 24.0 Å². The lowest BCUT2D eigenvalue weighted by Gasteiger charge is -2.21. The van der Waals surface area contributed by atoms with E-state index in [1.165, 1.54) is 31.3 Å². The second-order valence-electron chi connectivity index (χ2n) is 24.5. The van der Waals surface area contributed by atoms with E-state index in [2.05, 4.69) is 35.6 Å². The lowest BCUT2D eigenvalue weighted by molar-refractivity contribution is -0.140. The molecular weight excluding hydrogens is 1310 g/mol. The van der Waals surface area contributed by atoms with Crippen LogP contribution < -0.4 is 50.1 Å². The molecule has 1 atom stereocenters. The third-order valence-electron chi connectivity index (χ3n) is 18.5. The number of aliphatic carboxylic acids is 1. The predicted molar refractivity (Wildman–Crippen MR) is 369 cm³/mol. The number of carboxylic acids is 1. The van der Waals surface area contributed by atoms with Crippen molar-refractivity contribution in [3.63, 3.8) is 0 Å². The van der Waals surface area contributed by atoms with Gasteiger partial charge in [-0.1, -0.05) is 78.9 Å². The first kappa shape index (κ1) is 66.5. The van der Waals surface area contributed by atoms with Gasteiger partial charge in [-0.05, 0) is 178 Å². The highest BCUT2D eigenvalue weighted by atomic mass is 32.2. The smallest absolute Gasteiger partial charge is 0.322 e. The number of carbonyl (C=O) groups excluding carboxylic acids is 4. The number of primary amides is 1. The number of carbonyl (C=O) groups is 5. The maximum Gasteiger partial charge on any atom is 0.322 e. The van der Waals surface area contributed by atoms with Crippen molar-refractivity contribution in [2.45, 2.75) is 83.4 Å². The van der Waals surface area contributed by atoms with Crippen LogP contribution in [0.2, 0.25) is 0 Å². The molecule has 6 aromatic carbocycles. The minimum atomic E-state index is -3.94. The molecule has 26 heteroatoms. The zero-order chi connectivity index (χ0) is 69.3. The molecule has 3 aliphatic carbocycles. The number of hydrogen-bond acceptors (Lipinski definition) is 17. The number of rotatable bonds is 19. The minimum absolute atomic E-state index is 0. The standard InChI is InChI=1S/C27H25N3O7S.C23H23N3O4S.C23H19N3O4.2H2/c31-25(32)21-4-2-14-30(21)38(34,35)19-9-6-17(7-10-19)20-3-1-5-24(28-20)29-26(33)27(12-13-27)18-8-11-22-23(15-18)37-16-36-22;1-24-31(28,29)17-12-10-16(11-13-17)19-7-5-9-21(25-19)26-22(27)23(14-15-23)18-6-3-4-8-20(18)30-2;24-21(27)15-3-1-2-14(10-15)16-4-7-20(25-12-16)26-22(28)23(8-9-23)17-5-6-18-19(11-17)30-13-29-18;;/h1,3,5-11,15,21H,2,4,12-14,16H2,(H,31,32)(H,28,29,33);3-13,24H,14-15H2,1-2H3,(H,25,26,27);1-7,10-12H,8-9,13H2,(H2,24,27)(H,25,26,28);2*1H/t21-;;;;/m0..../s1. The van der Waals surface area contributed by atoms with E-state index in [9.17, 15) is 45.9 Å². The first-order chi connectivity index (χ1) is 47.7. The number of aromatic nitrogens is 3. The van der Waals surface area contributed by atoms with Gasteiger partial charge in [-0.15, -0.1) is 0 Å². The van der Waals surface area contributed by atoms with Crippen LogP contribution >= 0.6 is 0 Å². The van der Waals surface area contributed by atoms with Crippen LogP contribution in [-0.4, -0.2) is 111 Å². The van der Waals surface area contributed by atoms with Gasteiger partial charge in [-0.25, -0.2) is 36.5 Å². The predicted octanol–water partition coefficient (Wildman–Crippen LogP) is 10.5. The zero-order valence-corrected chi connectivity index (χ0v) is 55.2. The SMILES string of the molecule is CNS(=O)(=O)c1ccc(-c2cccc(NC(=O)C3(c4ccccc4OC)CC3)n2)cc1.NC(=O)c1cccc(-c2ccc(NC(=O)C3(c4ccc5c(c4)OCO5)CC3)nc2)c1.O=C(O)[C@@H]1CCCN1S(=O)(=O)c1ccc(-c2cccc(NC(=O)C3(c4ccc5c(c4)OCO5)CC3)n2)cc1.[HH].[HH]. The fourth-order valence-corrected chi connectivity index (χ4v) is 14.8. The number of hydrogen-bond donors (Lipinski definition) is 6. The number of amides is 4. The Morgan fingerprint density at radius 3 is 1.57 bits per heavy atom.